The van der Waals surface area contributed by atoms with E-state index in [-0.39, 0.29) is 0 Å². The number of hydrogen-bond donors (Lipinski definition) is 0. The number of aromatic nitrogens is 2. The molecule has 0 aliphatic carbocycles. The molecule has 1 atom stereocenters. The number of methoxy groups -OCH3 is 1. The second-order valence-electron chi connectivity index (χ2n) is 7.92. The number of halogens is 1. The molecule has 0 saturated heterocycles. The fourth-order valence-electron chi connectivity index (χ4n) is 3.99. The maximum Gasteiger partial charge on any atom is 0.119 e. The van der Waals surface area contributed by atoms with E-state index in [1.54, 1.807) is 7.11 Å². The minimum absolute atomic E-state index is 0.328. The van der Waals surface area contributed by atoms with E-state index in [0.29, 0.717) is 6.04 Å². The smallest absolute Gasteiger partial charge is 0.119 e. The molecule has 4 aromatic rings. The quantitative estimate of drug-likeness (QED) is 0.375. The first-order chi connectivity index (χ1) is 14.5. The van der Waals surface area contributed by atoms with Crippen LogP contribution in [0.1, 0.15) is 13.0 Å². The molecular formula is C25H26ClN3O. The van der Waals surface area contributed by atoms with E-state index in [1.807, 2.05) is 36.7 Å². The number of likely N-dealkylation sites (N-methyl/N-ethyl adjacent to an activating group) is 1. The highest BCUT2D eigenvalue weighted by atomic mass is 35.5. The van der Waals surface area contributed by atoms with Crippen LogP contribution < -0.4 is 4.74 Å². The second-order valence-corrected chi connectivity index (χ2v) is 8.35. The van der Waals surface area contributed by atoms with Crippen molar-refractivity contribution in [1.29, 1.82) is 0 Å². The van der Waals surface area contributed by atoms with Crippen molar-refractivity contribution in [3.8, 4) is 28.0 Å². The zero-order valence-electron chi connectivity index (χ0n) is 17.8. The summed E-state index contributed by atoms with van der Waals surface area (Å²) in [5.41, 5.74) is 5.50. The van der Waals surface area contributed by atoms with E-state index in [4.69, 9.17) is 16.3 Å². The highest BCUT2D eigenvalue weighted by Gasteiger charge is 2.16. The molecule has 0 aliphatic rings. The Morgan fingerprint density at radius 2 is 1.83 bits per heavy atom. The molecule has 2 aromatic carbocycles. The molecule has 0 fully saturated rings. The van der Waals surface area contributed by atoms with Crippen LogP contribution in [-0.2, 0) is 0 Å². The minimum atomic E-state index is 0.328. The molecule has 30 heavy (non-hydrogen) atoms. The molecule has 4 rings (SSSR count). The molecule has 154 valence electrons. The van der Waals surface area contributed by atoms with E-state index in [2.05, 4.69) is 65.9 Å². The van der Waals surface area contributed by atoms with Crippen LogP contribution in [0.3, 0.4) is 0 Å². The van der Waals surface area contributed by atoms with Crippen molar-refractivity contribution in [2.45, 2.75) is 13.0 Å². The normalized spacial score (nSPS) is 12.5. The summed E-state index contributed by atoms with van der Waals surface area (Å²) in [6, 6.07) is 16.6. The third-order valence-electron chi connectivity index (χ3n) is 5.35. The fourth-order valence-corrected chi connectivity index (χ4v) is 4.18. The zero-order chi connectivity index (χ0) is 21.3. The van der Waals surface area contributed by atoms with Crippen molar-refractivity contribution in [2.24, 2.45) is 0 Å². The first-order valence-corrected chi connectivity index (χ1v) is 10.4. The van der Waals surface area contributed by atoms with Crippen LogP contribution in [0.15, 0.2) is 67.1 Å². The monoisotopic (exact) mass is 419 g/mol. The molecule has 0 spiro atoms. The number of fused-ring (bicyclic) bond motifs is 1. The van der Waals surface area contributed by atoms with Gasteiger partial charge >= 0.3 is 0 Å². The summed E-state index contributed by atoms with van der Waals surface area (Å²) in [5, 5.41) is 1.88. The van der Waals surface area contributed by atoms with E-state index in [0.717, 1.165) is 45.0 Å². The van der Waals surface area contributed by atoms with Crippen molar-refractivity contribution in [3.05, 3.63) is 72.1 Å². The number of pyridine rings is 1. The van der Waals surface area contributed by atoms with Gasteiger partial charge in [0.25, 0.3) is 0 Å². The molecule has 0 bridgehead atoms. The number of hydrogen-bond acceptors (Lipinski definition) is 3. The van der Waals surface area contributed by atoms with Crippen LogP contribution in [0.4, 0.5) is 0 Å². The maximum atomic E-state index is 6.20. The molecule has 0 N–H and O–H groups in total. The Morgan fingerprint density at radius 1 is 1.03 bits per heavy atom. The summed E-state index contributed by atoms with van der Waals surface area (Å²) in [4.78, 5) is 6.74. The number of benzene rings is 2. The predicted octanol–water partition coefficient (Wildman–Crippen LogP) is 6.15. The van der Waals surface area contributed by atoms with Gasteiger partial charge in [-0.05, 0) is 63.0 Å². The topological polar surface area (TPSA) is 30.3 Å². The number of ether oxygens (including phenoxy) is 1. The highest BCUT2D eigenvalue weighted by molar-refractivity contribution is 6.30. The third-order valence-corrected chi connectivity index (χ3v) is 5.59. The standard InChI is InChI=1S/C25H26ClN3O/c1-17(15-28(2)3)29-16-24(23-12-22(30-4)8-9-25(23)29)20-10-19(13-27-14-20)18-6-5-7-21(26)11-18/h5-14,16-17H,15H2,1-4H3. The largest absolute Gasteiger partial charge is 0.497 e. The average molecular weight is 420 g/mol. The van der Waals surface area contributed by atoms with Gasteiger partial charge in [-0.1, -0.05) is 23.7 Å². The summed E-state index contributed by atoms with van der Waals surface area (Å²) < 4.78 is 7.85. The summed E-state index contributed by atoms with van der Waals surface area (Å²) in [6.45, 7) is 3.20. The molecule has 0 amide bonds. The fraction of sp³-hybridized carbons (Fsp3) is 0.240. The minimum Gasteiger partial charge on any atom is -0.497 e. The zero-order valence-corrected chi connectivity index (χ0v) is 18.5. The van der Waals surface area contributed by atoms with Gasteiger partial charge < -0.3 is 14.2 Å². The lowest BCUT2D eigenvalue weighted by molar-refractivity contribution is 0.341. The van der Waals surface area contributed by atoms with Crippen LogP contribution >= 0.6 is 11.6 Å². The van der Waals surface area contributed by atoms with Gasteiger partial charge in [-0.2, -0.15) is 0 Å². The molecule has 2 aromatic heterocycles. The Labute approximate surface area is 182 Å². The Kier molecular flexibility index (Phi) is 5.80. The van der Waals surface area contributed by atoms with Gasteiger partial charge in [0.1, 0.15) is 5.75 Å². The van der Waals surface area contributed by atoms with Gasteiger partial charge in [-0.15, -0.1) is 0 Å². The van der Waals surface area contributed by atoms with Gasteiger partial charge in [0, 0.05) is 63.8 Å². The Balaban J connectivity index is 1.87. The first-order valence-electron chi connectivity index (χ1n) is 10.0. The molecule has 0 saturated carbocycles. The number of rotatable bonds is 6. The lowest BCUT2D eigenvalue weighted by Gasteiger charge is -2.19. The molecule has 5 heteroatoms. The van der Waals surface area contributed by atoms with E-state index >= 15 is 0 Å². The van der Waals surface area contributed by atoms with Gasteiger partial charge in [0.2, 0.25) is 0 Å². The van der Waals surface area contributed by atoms with Gasteiger partial charge in [0.15, 0.2) is 0 Å². The second kappa shape index (κ2) is 8.50. The van der Waals surface area contributed by atoms with Crippen LogP contribution in [0, 0.1) is 0 Å². The average Bonchev–Trinajstić information content (AvgIpc) is 3.12. The van der Waals surface area contributed by atoms with Gasteiger partial charge in [0.05, 0.1) is 7.11 Å². The third kappa shape index (κ3) is 4.07. The summed E-state index contributed by atoms with van der Waals surface area (Å²) in [6.07, 6.45) is 6.03. The molecule has 1 unspecified atom stereocenters. The molecule has 0 aliphatic heterocycles. The Morgan fingerprint density at radius 3 is 2.57 bits per heavy atom. The summed E-state index contributed by atoms with van der Waals surface area (Å²) in [5.74, 6) is 0.848. The van der Waals surface area contributed by atoms with Crippen molar-refractivity contribution in [3.63, 3.8) is 0 Å². The van der Waals surface area contributed by atoms with E-state index in [9.17, 15) is 0 Å². The van der Waals surface area contributed by atoms with Crippen LogP contribution in [0.25, 0.3) is 33.2 Å². The Hall–Kier alpha value is -2.82. The number of nitrogens with zero attached hydrogens (tertiary/aromatic N) is 3. The molecule has 4 nitrogen and oxygen atoms in total. The molecular weight excluding hydrogens is 394 g/mol. The summed E-state index contributed by atoms with van der Waals surface area (Å²) >= 11 is 6.20. The first kappa shape index (κ1) is 20.5. The lowest BCUT2D eigenvalue weighted by atomic mass is 10.0. The van der Waals surface area contributed by atoms with Crippen LogP contribution in [-0.4, -0.2) is 42.2 Å². The SMILES string of the molecule is COc1ccc2c(c1)c(-c1cncc(-c3cccc(Cl)c3)c1)cn2C(C)CN(C)C. The van der Waals surface area contributed by atoms with Crippen LogP contribution in [0.2, 0.25) is 5.02 Å². The summed E-state index contributed by atoms with van der Waals surface area (Å²) in [7, 11) is 5.91. The van der Waals surface area contributed by atoms with Crippen molar-refractivity contribution < 1.29 is 4.74 Å². The molecule has 2 heterocycles. The molecule has 0 radical (unpaired) electrons. The Bertz CT molecular complexity index is 1180. The van der Waals surface area contributed by atoms with E-state index < -0.39 is 0 Å². The van der Waals surface area contributed by atoms with Gasteiger partial charge in [-0.25, -0.2) is 0 Å². The maximum absolute atomic E-state index is 6.20. The highest BCUT2D eigenvalue weighted by Crippen LogP contribution is 2.36. The van der Waals surface area contributed by atoms with Crippen LogP contribution in [0.5, 0.6) is 5.75 Å². The van der Waals surface area contributed by atoms with Crippen molar-refractivity contribution in [2.75, 3.05) is 27.7 Å². The van der Waals surface area contributed by atoms with Crippen molar-refractivity contribution >= 4 is 22.5 Å². The van der Waals surface area contributed by atoms with E-state index in [1.165, 1.54) is 5.52 Å². The van der Waals surface area contributed by atoms with Gasteiger partial charge in [-0.3, -0.25) is 4.98 Å². The van der Waals surface area contributed by atoms with Crippen molar-refractivity contribution in [1.82, 2.24) is 14.5 Å². The predicted molar refractivity (Wildman–Crippen MR) is 125 cm³/mol. The lowest BCUT2D eigenvalue weighted by Crippen LogP contribution is -2.21.